The standard InChI is InChI=1S/C30H39N3O8/c1-16(2)12-23(30(37)31-15-26(36)39-5)33-22-11-9-19-20(14-24(22)35)21(32-17(3)34)10-8-18-13-25(38-4)28(40-6)29(41-7)27(18)19/h9,11,13-14,16,21,23H,8,10,12,15H2,1-7H3,(H,31,37)(H,32,34)(H,33,35)/t21-,23-/m1/s1. The summed E-state index contributed by atoms with van der Waals surface area (Å²) in [4.78, 5) is 50.3. The number of hydrogen-bond donors (Lipinski definition) is 3. The highest BCUT2D eigenvalue weighted by molar-refractivity contribution is 5.88. The van der Waals surface area contributed by atoms with Crippen molar-refractivity contribution in [2.75, 3.05) is 40.3 Å². The summed E-state index contributed by atoms with van der Waals surface area (Å²) in [6, 6.07) is 5.53. The molecule has 0 aliphatic heterocycles. The lowest BCUT2D eigenvalue weighted by atomic mass is 9.95. The van der Waals surface area contributed by atoms with E-state index in [1.54, 1.807) is 19.2 Å². The summed E-state index contributed by atoms with van der Waals surface area (Å²) in [6.45, 7) is 5.06. The molecule has 11 heteroatoms. The number of carbonyl (C=O) groups excluding carboxylic acids is 3. The monoisotopic (exact) mass is 569 g/mol. The first kappa shape index (κ1) is 31.3. The van der Waals surface area contributed by atoms with E-state index < -0.39 is 24.0 Å². The van der Waals surface area contributed by atoms with Crippen LogP contribution < -0.4 is 35.6 Å². The number of ether oxygens (including phenoxy) is 4. The predicted molar refractivity (Wildman–Crippen MR) is 155 cm³/mol. The van der Waals surface area contributed by atoms with E-state index in [2.05, 4.69) is 20.7 Å². The van der Waals surface area contributed by atoms with Crippen LogP contribution in [-0.4, -0.2) is 58.8 Å². The van der Waals surface area contributed by atoms with Crippen molar-refractivity contribution < 1.29 is 33.3 Å². The Bertz CT molecular complexity index is 1360. The predicted octanol–water partition coefficient (Wildman–Crippen LogP) is 2.98. The van der Waals surface area contributed by atoms with Crippen molar-refractivity contribution in [1.29, 1.82) is 0 Å². The molecular weight excluding hydrogens is 530 g/mol. The van der Waals surface area contributed by atoms with Gasteiger partial charge in [-0.3, -0.25) is 19.2 Å². The Kier molecular flexibility index (Phi) is 10.6. The molecule has 0 radical (unpaired) electrons. The van der Waals surface area contributed by atoms with Crippen molar-refractivity contribution in [3.8, 4) is 28.4 Å². The highest BCUT2D eigenvalue weighted by atomic mass is 16.5. The minimum absolute atomic E-state index is 0.114. The summed E-state index contributed by atoms with van der Waals surface area (Å²) in [5.41, 5.74) is 2.75. The molecule has 0 bridgehead atoms. The van der Waals surface area contributed by atoms with Gasteiger partial charge >= 0.3 is 5.97 Å². The second-order valence-electron chi connectivity index (χ2n) is 10.2. The Morgan fingerprint density at radius 2 is 1.71 bits per heavy atom. The molecule has 2 aromatic carbocycles. The van der Waals surface area contributed by atoms with Crippen LogP contribution in [0.15, 0.2) is 29.1 Å². The first-order chi connectivity index (χ1) is 19.5. The minimum atomic E-state index is -0.785. The zero-order chi connectivity index (χ0) is 30.3. The fourth-order valence-electron chi connectivity index (χ4n) is 5.07. The van der Waals surface area contributed by atoms with Gasteiger partial charge < -0.3 is 34.9 Å². The third-order valence-corrected chi connectivity index (χ3v) is 6.90. The Morgan fingerprint density at radius 3 is 2.29 bits per heavy atom. The average molecular weight is 570 g/mol. The average Bonchev–Trinajstić information content (AvgIpc) is 3.18. The molecule has 0 saturated heterocycles. The summed E-state index contributed by atoms with van der Waals surface area (Å²) < 4.78 is 21.6. The van der Waals surface area contributed by atoms with Crippen LogP contribution in [0.5, 0.6) is 17.2 Å². The van der Waals surface area contributed by atoms with Gasteiger partial charge in [0.25, 0.3) is 0 Å². The molecule has 2 aromatic rings. The molecule has 0 heterocycles. The van der Waals surface area contributed by atoms with Gasteiger partial charge in [0.15, 0.2) is 11.5 Å². The van der Waals surface area contributed by atoms with Crippen LogP contribution in [0.4, 0.5) is 5.69 Å². The SMILES string of the molecule is COC(=O)CNC(=O)[C@@H](CC(C)C)Nc1ccc2c(cc1=O)[C@H](NC(C)=O)CCc1cc(OC)c(OC)c(OC)c1-2. The number of anilines is 1. The Hall–Kier alpha value is -4.28. The first-order valence-electron chi connectivity index (χ1n) is 13.4. The summed E-state index contributed by atoms with van der Waals surface area (Å²) >= 11 is 0. The van der Waals surface area contributed by atoms with Crippen LogP contribution in [0.25, 0.3) is 11.1 Å². The van der Waals surface area contributed by atoms with Crippen LogP contribution >= 0.6 is 0 Å². The van der Waals surface area contributed by atoms with Crippen LogP contribution in [0.1, 0.15) is 50.8 Å². The maximum absolute atomic E-state index is 13.6. The molecule has 1 aliphatic carbocycles. The van der Waals surface area contributed by atoms with E-state index in [1.165, 1.54) is 34.3 Å². The molecule has 1 aliphatic rings. The molecule has 0 fully saturated rings. The Labute approximate surface area is 239 Å². The molecule has 0 unspecified atom stereocenters. The van der Waals surface area contributed by atoms with E-state index >= 15 is 0 Å². The lowest BCUT2D eigenvalue weighted by Gasteiger charge is -2.20. The number of nitrogens with one attached hydrogen (secondary N) is 3. The molecule has 0 aromatic heterocycles. The molecule has 222 valence electrons. The normalized spacial score (nSPS) is 14.5. The number of aryl methyl sites for hydroxylation is 1. The summed E-state index contributed by atoms with van der Waals surface area (Å²) in [5.74, 6) is 0.225. The number of rotatable bonds is 11. The minimum Gasteiger partial charge on any atom is -0.493 e. The molecule has 3 rings (SSSR count). The van der Waals surface area contributed by atoms with E-state index in [0.717, 1.165) is 11.1 Å². The largest absolute Gasteiger partial charge is 0.493 e. The van der Waals surface area contributed by atoms with Crippen LogP contribution in [0, 0.1) is 5.92 Å². The zero-order valence-electron chi connectivity index (χ0n) is 24.6. The van der Waals surface area contributed by atoms with Crippen molar-refractivity contribution in [1.82, 2.24) is 10.6 Å². The summed E-state index contributed by atoms with van der Waals surface area (Å²) in [5, 5.41) is 8.63. The van der Waals surface area contributed by atoms with Gasteiger partial charge in [-0.15, -0.1) is 0 Å². The van der Waals surface area contributed by atoms with Crippen molar-refractivity contribution in [3.05, 3.63) is 45.6 Å². The topological polar surface area (TPSA) is 141 Å². The number of methoxy groups -OCH3 is 4. The van der Waals surface area contributed by atoms with E-state index in [1.807, 2.05) is 19.9 Å². The van der Waals surface area contributed by atoms with Gasteiger partial charge in [-0.05, 0) is 60.1 Å². The number of amides is 2. The second-order valence-corrected chi connectivity index (χ2v) is 10.2. The molecule has 3 N–H and O–H groups in total. The first-order valence-corrected chi connectivity index (χ1v) is 13.4. The third kappa shape index (κ3) is 7.27. The third-order valence-electron chi connectivity index (χ3n) is 6.90. The van der Waals surface area contributed by atoms with Gasteiger partial charge in [-0.2, -0.15) is 0 Å². The highest BCUT2D eigenvalue weighted by Gasteiger charge is 2.30. The molecule has 0 spiro atoms. The number of fused-ring (bicyclic) bond motifs is 3. The van der Waals surface area contributed by atoms with Gasteiger partial charge in [-0.1, -0.05) is 19.9 Å². The van der Waals surface area contributed by atoms with Crippen LogP contribution in [0.2, 0.25) is 0 Å². The van der Waals surface area contributed by atoms with Crippen LogP contribution in [-0.2, 0) is 25.5 Å². The van der Waals surface area contributed by atoms with Crippen molar-refractivity contribution >= 4 is 23.5 Å². The van der Waals surface area contributed by atoms with Gasteiger partial charge in [0.1, 0.15) is 12.6 Å². The van der Waals surface area contributed by atoms with Crippen LogP contribution in [0.3, 0.4) is 0 Å². The lowest BCUT2D eigenvalue weighted by molar-refractivity contribution is -0.141. The Balaban J connectivity index is 2.20. The van der Waals surface area contributed by atoms with E-state index in [0.29, 0.717) is 47.6 Å². The van der Waals surface area contributed by atoms with E-state index in [-0.39, 0.29) is 29.5 Å². The number of carbonyl (C=O) groups is 3. The molecule has 2 atom stereocenters. The van der Waals surface area contributed by atoms with Gasteiger partial charge in [0.2, 0.25) is 23.0 Å². The number of benzene rings is 1. The summed E-state index contributed by atoms with van der Waals surface area (Å²) in [7, 11) is 5.84. The maximum atomic E-state index is 13.6. The van der Waals surface area contributed by atoms with Gasteiger partial charge in [0.05, 0.1) is 40.2 Å². The molecule has 0 saturated carbocycles. The highest BCUT2D eigenvalue weighted by Crippen LogP contribution is 2.50. The van der Waals surface area contributed by atoms with E-state index in [4.69, 9.17) is 14.2 Å². The number of esters is 1. The fraction of sp³-hybridized carbons (Fsp3) is 0.467. The Morgan fingerprint density at radius 1 is 1.00 bits per heavy atom. The van der Waals surface area contributed by atoms with Crippen molar-refractivity contribution in [2.45, 2.75) is 52.1 Å². The number of hydrogen-bond acceptors (Lipinski definition) is 9. The quantitative estimate of drug-likeness (QED) is 0.348. The molecule has 41 heavy (non-hydrogen) atoms. The zero-order valence-corrected chi connectivity index (χ0v) is 24.6. The molecular formula is C30H39N3O8. The van der Waals surface area contributed by atoms with Crippen molar-refractivity contribution in [3.63, 3.8) is 0 Å². The van der Waals surface area contributed by atoms with E-state index in [9.17, 15) is 19.2 Å². The maximum Gasteiger partial charge on any atom is 0.325 e. The van der Waals surface area contributed by atoms with Gasteiger partial charge in [-0.25, -0.2) is 0 Å². The second kappa shape index (κ2) is 13.9. The molecule has 11 nitrogen and oxygen atoms in total. The fourth-order valence-corrected chi connectivity index (χ4v) is 5.07. The molecule has 2 amide bonds. The van der Waals surface area contributed by atoms with Crippen molar-refractivity contribution in [2.24, 2.45) is 5.92 Å². The summed E-state index contributed by atoms with van der Waals surface area (Å²) in [6.07, 6.45) is 1.51. The smallest absolute Gasteiger partial charge is 0.325 e. The lowest BCUT2D eigenvalue weighted by Crippen LogP contribution is -2.43. The van der Waals surface area contributed by atoms with Gasteiger partial charge in [0, 0.05) is 12.5 Å².